The fourth-order valence-corrected chi connectivity index (χ4v) is 4.26. The van der Waals surface area contributed by atoms with Gasteiger partial charge in [0.1, 0.15) is 5.38 Å². The van der Waals surface area contributed by atoms with E-state index in [0.29, 0.717) is 0 Å². The molecule has 138 valence electrons. The summed E-state index contributed by atoms with van der Waals surface area (Å²) in [5.74, 6) is -0.0737. The number of amides is 1. The summed E-state index contributed by atoms with van der Waals surface area (Å²) < 4.78 is 0. The number of hydrogen-bond donors (Lipinski definition) is 0. The van der Waals surface area contributed by atoms with Crippen molar-refractivity contribution in [1.29, 1.82) is 0 Å². The monoisotopic (exact) mass is 387 g/mol. The number of carbonyl (C=O) groups is 1. The standard InChI is InChI=1S/C23H18ClN3O/c1-2-14-8-10-19-17(12-14)18-13-16(9-11-20(18)26-25-19)27-22(21(24)23(27)28)15-6-4-3-5-7-15/h3-13,21-22H,2H2,1H3. The Morgan fingerprint density at radius 2 is 1.61 bits per heavy atom. The SMILES string of the molecule is CCc1ccc2nnc3ccc(N4C(=O)C(Cl)C4c4ccccc4)cc3c2c1. The molecule has 0 bridgehead atoms. The number of fused-ring (bicyclic) bond motifs is 3. The summed E-state index contributed by atoms with van der Waals surface area (Å²) in [7, 11) is 0. The molecule has 2 unspecified atom stereocenters. The molecular formula is C23H18ClN3O. The van der Waals surface area contributed by atoms with Gasteiger partial charge in [-0.15, -0.1) is 21.8 Å². The third-order valence-corrected chi connectivity index (χ3v) is 5.88. The van der Waals surface area contributed by atoms with E-state index in [1.54, 1.807) is 4.90 Å². The molecule has 1 fully saturated rings. The highest BCUT2D eigenvalue weighted by atomic mass is 35.5. The van der Waals surface area contributed by atoms with Gasteiger partial charge in [-0.3, -0.25) is 4.79 Å². The zero-order valence-corrected chi connectivity index (χ0v) is 16.1. The molecule has 0 spiro atoms. The molecule has 1 aliphatic rings. The van der Waals surface area contributed by atoms with Gasteiger partial charge in [0, 0.05) is 16.5 Å². The Morgan fingerprint density at radius 3 is 2.32 bits per heavy atom. The minimum atomic E-state index is -0.544. The quantitative estimate of drug-likeness (QED) is 0.281. The molecule has 0 aliphatic carbocycles. The number of carbonyl (C=O) groups excluding carboxylic acids is 1. The normalized spacial score (nSPS) is 19.2. The Kier molecular flexibility index (Phi) is 4.02. The van der Waals surface area contributed by atoms with Crippen LogP contribution in [0.25, 0.3) is 21.8 Å². The van der Waals surface area contributed by atoms with Crippen LogP contribution in [0.1, 0.15) is 24.1 Å². The van der Waals surface area contributed by atoms with Crippen molar-refractivity contribution in [3.05, 3.63) is 77.9 Å². The fraction of sp³-hybridized carbons (Fsp3) is 0.174. The highest BCUT2D eigenvalue weighted by Crippen LogP contribution is 2.43. The fourth-order valence-electron chi connectivity index (χ4n) is 3.90. The zero-order chi connectivity index (χ0) is 19.3. The number of benzene rings is 3. The molecule has 2 heterocycles. The van der Waals surface area contributed by atoms with Gasteiger partial charge in [-0.25, -0.2) is 0 Å². The van der Waals surface area contributed by atoms with Crippen LogP contribution in [0, 0.1) is 0 Å². The van der Waals surface area contributed by atoms with Crippen LogP contribution in [0.5, 0.6) is 0 Å². The summed E-state index contributed by atoms with van der Waals surface area (Å²) in [6.07, 6.45) is 0.952. The van der Waals surface area contributed by atoms with Crippen LogP contribution in [0.3, 0.4) is 0 Å². The van der Waals surface area contributed by atoms with Gasteiger partial charge in [0.15, 0.2) is 0 Å². The molecule has 0 N–H and O–H groups in total. The van der Waals surface area contributed by atoms with Crippen molar-refractivity contribution in [3.63, 3.8) is 0 Å². The van der Waals surface area contributed by atoms with Crippen molar-refractivity contribution in [2.45, 2.75) is 24.8 Å². The second-order valence-corrected chi connectivity index (χ2v) is 7.54. The van der Waals surface area contributed by atoms with Gasteiger partial charge in [-0.05, 0) is 47.9 Å². The van der Waals surface area contributed by atoms with Gasteiger partial charge in [0.2, 0.25) is 5.91 Å². The molecule has 1 aliphatic heterocycles. The van der Waals surface area contributed by atoms with Gasteiger partial charge in [-0.2, -0.15) is 0 Å². The third kappa shape index (κ3) is 2.56. The first-order valence-corrected chi connectivity index (χ1v) is 9.82. The lowest BCUT2D eigenvalue weighted by molar-refractivity contribution is -0.123. The lowest BCUT2D eigenvalue weighted by Crippen LogP contribution is -2.56. The van der Waals surface area contributed by atoms with E-state index in [-0.39, 0.29) is 11.9 Å². The Bertz CT molecular complexity index is 1210. The molecule has 0 radical (unpaired) electrons. The highest BCUT2D eigenvalue weighted by molar-refractivity contribution is 6.37. The molecule has 1 saturated heterocycles. The average Bonchev–Trinajstić information content (AvgIpc) is 2.76. The van der Waals surface area contributed by atoms with Crippen molar-refractivity contribution in [2.75, 3.05) is 4.90 Å². The summed E-state index contributed by atoms with van der Waals surface area (Å²) in [5, 5.41) is 10.2. The number of nitrogens with zero attached hydrogens (tertiary/aromatic N) is 3. The lowest BCUT2D eigenvalue weighted by Gasteiger charge is -2.44. The van der Waals surface area contributed by atoms with E-state index in [4.69, 9.17) is 11.6 Å². The summed E-state index contributed by atoms with van der Waals surface area (Å²) >= 11 is 6.38. The van der Waals surface area contributed by atoms with Gasteiger partial charge in [-0.1, -0.05) is 43.3 Å². The van der Waals surface area contributed by atoms with Crippen LogP contribution in [-0.4, -0.2) is 21.5 Å². The minimum Gasteiger partial charge on any atom is -0.301 e. The molecule has 28 heavy (non-hydrogen) atoms. The van der Waals surface area contributed by atoms with Crippen LogP contribution < -0.4 is 4.90 Å². The minimum absolute atomic E-state index is 0.0737. The first-order valence-electron chi connectivity index (χ1n) is 9.38. The highest BCUT2D eigenvalue weighted by Gasteiger charge is 2.47. The van der Waals surface area contributed by atoms with Gasteiger partial charge >= 0.3 is 0 Å². The number of β-lactam (4-membered cyclic amide) rings is 1. The molecule has 3 aromatic carbocycles. The maximum Gasteiger partial charge on any atom is 0.248 e. The number of rotatable bonds is 3. The molecular weight excluding hydrogens is 370 g/mol. The number of aromatic nitrogens is 2. The van der Waals surface area contributed by atoms with Crippen LogP contribution in [0.4, 0.5) is 5.69 Å². The Balaban J connectivity index is 1.66. The number of aryl methyl sites for hydroxylation is 1. The Morgan fingerprint density at radius 1 is 0.929 bits per heavy atom. The maximum atomic E-state index is 12.6. The lowest BCUT2D eigenvalue weighted by atomic mass is 9.92. The van der Waals surface area contributed by atoms with Gasteiger partial charge in [0.05, 0.1) is 17.1 Å². The number of anilines is 1. The van der Waals surface area contributed by atoms with Crippen molar-refractivity contribution in [3.8, 4) is 0 Å². The summed E-state index contributed by atoms with van der Waals surface area (Å²) in [5.41, 5.74) is 4.78. The van der Waals surface area contributed by atoms with Crippen molar-refractivity contribution in [1.82, 2.24) is 10.2 Å². The molecule has 5 rings (SSSR count). The smallest absolute Gasteiger partial charge is 0.248 e. The van der Waals surface area contributed by atoms with Crippen LogP contribution >= 0.6 is 11.6 Å². The van der Waals surface area contributed by atoms with E-state index in [9.17, 15) is 4.79 Å². The third-order valence-electron chi connectivity index (χ3n) is 5.45. The second-order valence-electron chi connectivity index (χ2n) is 7.07. The first kappa shape index (κ1) is 17.1. The predicted octanol–water partition coefficient (Wildman–Crippen LogP) is 5.04. The zero-order valence-electron chi connectivity index (χ0n) is 15.3. The first-order chi connectivity index (χ1) is 13.7. The van der Waals surface area contributed by atoms with Gasteiger partial charge in [0.25, 0.3) is 0 Å². The van der Waals surface area contributed by atoms with E-state index in [1.165, 1.54) is 5.56 Å². The molecule has 1 aromatic heterocycles. The summed E-state index contributed by atoms with van der Waals surface area (Å²) in [6.45, 7) is 2.13. The van der Waals surface area contributed by atoms with Crippen molar-refractivity contribution in [2.24, 2.45) is 0 Å². The van der Waals surface area contributed by atoms with Crippen LogP contribution in [-0.2, 0) is 11.2 Å². The summed E-state index contributed by atoms with van der Waals surface area (Å²) in [4.78, 5) is 14.4. The van der Waals surface area contributed by atoms with E-state index >= 15 is 0 Å². The van der Waals surface area contributed by atoms with Crippen molar-refractivity contribution < 1.29 is 4.79 Å². The number of halogens is 1. The molecule has 4 aromatic rings. The summed E-state index contributed by atoms with van der Waals surface area (Å²) in [6, 6.07) is 21.9. The Hall–Kier alpha value is -2.98. The number of alkyl halides is 1. The van der Waals surface area contributed by atoms with Crippen LogP contribution in [0.2, 0.25) is 0 Å². The van der Waals surface area contributed by atoms with E-state index < -0.39 is 5.38 Å². The molecule has 0 saturated carbocycles. The maximum absolute atomic E-state index is 12.6. The topological polar surface area (TPSA) is 46.1 Å². The molecule has 5 heteroatoms. The second kappa shape index (κ2) is 6.57. The van der Waals surface area contributed by atoms with Gasteiger partial charge < -0.3 is 4.90 Å². The van der Waals surface area contributed by atoms with E-state index in [0.717, 1.165) is 39.5 Å². The Labute approximate surface area is 167 Å². The van der Waals surface area contributed by atoms with E-state index in [1.807, 2.05) is 54.6 Å². The van der Waals surface area contributed by atoms with Crippen molar-refractivity contribution >= 4 is 45.0 Å². The average molecular weight is 388 g/mol. The molecule has 1 amide bonds. The number of hydrogen-bond acceptors (Lipinski definition) is 3. The molecule has 2 atom stereocenters. The largest absolute Gasteiger partial charge is 0.301 e. The van der Waals surface area contributed by atoms with E-state index in [2.05, 4.69) is 29.3 Å². The van der Waals surface area contributed by atoms with Crippen LogP contribution in [0.15, 0.2) is 66.7 Å². The molecule has 4 nitrogen and oxygen atoms in total. The predicted molar refractivity (Wildman–Crippen MR) is 113 cm³/mol.